The van der Waals surface area contributed by atoms with Gasteiger partial charge in [-0.3, -0.25) is 5.84 Å². The first kappa shape index (κ1) is 11.5. The lowest BCUT2D eigenvalue weighted by Crippen LogP contribution is -2.15. The van der Waals surface area contributed by atoms with Gasteiger partial charge in [0, 0.05) is 0 Å². The molecular weight excluding hydrogens is 192 g/mol. The third-order valence-electron chi connectivity index (χ3n) is 2.17. The summed E-state index contributed by atoms with van der Waals surface area (Å²) in [6, 6.07) is 5.51. The van der Waals surface area contributed by atoms with Crippen LogP contribution in [0.25, 0.3) is 0 Å². The number of nitrogens with one attached hydrogen (secondary N) is 1. The third kappa shape index (κ3) is 2.47. The summed E-state index contributed by atoms with van der Waals surface area (Å²) in [6.45, 7) is 4.13. The van der Waals surface area contributed by atoms with Crippen LogP contribution < -0.4 is 11.3 Å². The lowest BCUT2D eigenvalue weighted by molar-refractivity contribution is 0.0526. The molecule has 0 bridgehead atoms. The van der Waals surface area contributed by atoms with Gasteiger partial charge < -0.3 is 10.2 Å². The summed E-state index contributed by atoms with van der Waals surface area (Å²) in [5.74, 6) is 5.02. The van der Waals surface area contributed by atoms with Crippen molar-refractivity contribution in [1.29, 1.82) is 0 Å². The van der Waals surface area contributed by atoms with E-state index in [2.05, 4.69) is 5.43 Å². The van der Waals surface area contributed by atoms with Crippen molar-refractivity contribution in [3.05, 3.63) is 29.3 Å². The van der Waals surface area contributed by atoms with E-state index in [1.54, 1.807) is 13.0 Å². The summed E-state index contributed by atoms with van der Waals surface area (Å²) < 4.78 is 4.98. The Morgan fingerprint density at radius 3 is 2.73 bits per heavy atom. The molecule has 4 nitrogen and oxygen atoms in total. The quantitative estimate of drug-likeness (QED) is 0.449. The second kappa shape index (κ2) is 5.36. The monoisotopic (exact) mass is 208 g/mol. The van der Waals surface area contributed by atoms with Crippen LogP contribution in [0.5, 0.6) is 0 Å². The molecule has 0 spiro atoms. The van der Waals surface area contributed by atoms with Crippen molar-refractivity contribution in [3.63, 3.8) is 0 Å². The van der Waals surface area contributed by atoms with Crippen molar-refractivity contribution in [2.75, 3.05) is 12.0 Å². The molecule has 15 heavy (non-hydrogen) atoms. The molecule has 0 aliphatic heterocycles. The Morgan fingerprint density at radius 2 is 2.20 bits per heavy atom. The van der Waals surface area contributed by atoms with E-state index in [9.17, 15) is 4.79 Å². The molecule has 3 N–H and O–H groups in total. The lowest BCUT2D eigenvalue weighted by atomic mass is 10.0. The van der Waals surface area contributed by atoms with Gasteiger partial charge in [-0.15, -0.1) is 0 Å². The van der Waals surface area contributed by atoms with Gasteiger partial charge >= 0.3 is 5.97 Å². The molecular formula is C11H16N2O2. The second-order valence-electron chi connectivity index (χ2n) is 3.06. The van der Waals surface area contributed by atoms with Crippen molar-refractivity contribution in [2.24, 2.45) is 5.84 Å². The first-order chi connectivity index (χ1) is 7.24. The standard InChI is InChI=1S/C11H16N2O2/c1-3-8-6-5-7-9(13-12)10(8)11(14)15-4-2/h5-7,13H,3-4,12H2,1-2H3. The van der Waals surface area contributed by atoms with E-state index >= 15 is 0 Å². The van der Waals surface area contributed by atoms with E-state index in [0.717, 1.165) is 12.0 Å². The Labute approximate surface area is 89.4 Å². The molecule has 0 atom stereocenters. The summed E-state index contributed by atoms with van der Waals surface area (Å²) in [5, 5.41) is 0. The molecule has 82 valence electrons. The van der Waals surface area contributed by atoms with E-state index in [-0.39, 0.29) is 5.97 Å². The number of rotatable bonds is 4. The van der Waals surface area contributed by atoms with E-state index in [4.69, 9.17) is 10.6 Å². The number of carbonyl (C=O) groups excluding carboxylic acids is 1. The molecule has 0 aromatic heterocycles. The van der Waals surface area contributed by atoms with Gasteiger partial charge in [0.15, 0.2) is 0 Å². The molecule has 0 unspecified atom stereocenters. The van der Waals surface area contributed by atoms with Gasteiger partial charge in [0.05, 0.1) is 17.9 Å². The largest absolute Gasteiger partial charge is 0.462 e. The van der Waals surface area contributed by atoms with Crippen molar-refractivity contribution < 1.29 is 9.53 Å². The smallest absolute Gasteiger partial charge is 0.340 e. The average Bonchev–Trinajstić information content (AvgIpc) is 2.28. The van der Waals surface area contributed by atoms with Gasteiger partial charge in [0.2, 0.25) is 0 Å². The number of nitrogen functional groups attached to an aromatic ring is 1. The number of aryl methyl sites for hydroxylation is 1. The molecule has 0 heterocycles. The van der Waals surface area contributed by atoms with E-state index in [1.165, 1.54) is 0 Å². The Bertz CT molecular complexity index is 328. The van der Waals surface area contributed by atoms with Crippen LogP contribution >= 0.6 is 0 Å². The lowest BCUT2D eigenvalue weighted by Gasteiger charge is -2.11. The maximum atomic E-state index is 11.7. The topological polar surface area (TPSA) is 64.3 Å². The Morgan fingerprint density at radius 1 is 1.47 bits per heavy atom. The van der Waals surface area contributed by atoms with E-state index in [1.807, 2.05) is 19.1 Å². The molecule has 0 aliphatic rings. The number of anilines is 1. The highest BCUT2D eigenvalue weighted by molar-refractivity contribution is 5.97. The van der Waals surface area contributed by atoms with Crippen molar-refractivity contribution >= 4 is 11.7 Å². The molecule has 0 aliphatic carbocycles. The fourth-order valence-corrected chi connectivity index (χ4v) is 1.46. The molecule has 1 rings (SSSR count). The zero-order chi connectivity index (χ0) is 11.3. The highest BCUT2D eigenvalue weighted by Crippen LogP contribution is 2.20. The van der Waals surface area contributed by atoms with E-state index in [0.29, 0.717) is 17.9 Å². The van der Waals surface area contributed by atoms with E-state index < -0.39 is 0 Å². The molecule has 0 radical (unpaired) electrons. The fourth-order valence-electron chi connectivity index (χ4n) is 1.46. The fraction of sp³-hybridized carbons (Fsp3) is 0.364. The maximum Gasteiger partial charge on any atom is 0.340 e. The number of ether oxygens (including phenoxy) is 1. The highest BCUT2D eigenvalue weighted by atomic mass is 16.5. The summed E-state index contributed by atoms with van der Waals surface area (Å²) in [4.78, 5) is 11.7. The SMILES string of the molecule is CCOC(=O)c1c(CC)cccc1NN. The molecule has 0 amide bonds. The number of benzene rings is 1. The molecule has 0 fully saturated rings. The molecule has 4 heteroatoms. The number of carbonyl (C=O) groups is 1. The average molecular weight is 208 g/mol. The third-order valence-corrected chi connectivity index (χ3v) is 2.17. The maximum absolute atomic E-state index is 11.7. The Kier molecular flexibility index (Phi) is 4.12. The Hall–Kier alpha value is -1.55. The zero-order valence-electron chi connectivity index (χ0n) is 9.04. The minimum Gasteiger partial charge on any atom is -0.462 e. The molecule has 0 saturated carbocycles. The van der Waals surface area contributed by atoms with Crippen LogP contribution in [0.3, 0.4) is 0 Å². The zero-order valence-corrected chi connectivity index (χ0v) is 9.04. The minimum atomic E-state index is -0.331. The molecule has 1 aromatic carbocycles. The van der Waals surface area contributed by atoms with Gasteiger partial charge in [0.25, 0.3) is 0 Å². The van der Waals surface area contributed by atoms with Gasteiger partial charge in [-0.25, -0.2) is 4.79 Å². The van der Waals surface area contributed by atoms with Gasteiger partial charge in [0.1, 0.15) is 0 Å². The van der Waals surface area contributed by atoms with Crippen molar-refractivity contribution in [1.82, 2.24) is 0 Å². The van der Waals surface area contributed by atoms with Crippen LogP contribution in [-0.4, -0.2) is 12.6 Å². The number of hydrogen-bond acceptors (Lipinski definition) is 4. The number of hydrazine groups is 1. The van der Waals surface area contributed by atoms with Gasteiger partial charge in [-0.2, -0.15) is 0 Å². The normalized spacial score (nSPS) is 9.80. The summed E-state index contributed by atoms with van der Waals surface area (Å²) in [6.07, 6.45) is 0.768. The van der Waals surface area contributed by atoms with Crippen molar-refractivity contribution in [3.8, 4) is 0 Å². The number of nitrogens with two attached hydrogens (primary N) is 1. The van der Waals surface area contributed by atoms with Crippen molar-refractivity contribution in [2.45, 2.75) is 20.3 Å². The first-order valence-electron chi connectivity index (χ1n) is 5.00. The summed E-state index contributed by atoms with van der Waals surface area (Å²) >= 11 is 0. The number of hydrogen-bond donors (Lipinski definition) is 2. The summed E-state index contributed by atoms with van der Waals surface area (Å²) in [7, 11) is 0. The Balaban J connectivity index is 3.15. The van der Waals surface area contributed by atoms with Crippen LogP contribution in [0, 0.1) is 0 Å². The van der Waals surface area contributed by atoms with Crippen LogP contribution in [0.15, 0.2) is 18.2 Å². The predicted molar refractivity (Wildman–Crippen MR) is 59.6 cm³/mol. The molecule has 0 saturated heterocycles. The van der Waals surface area contributed by atoms with Gasteiger partial charge in [-0.1, -0.05) is 19.1 Å². The highest BCUT2D eigenvalue weighted by Gasteiger charge is 2.15. The first-order valence-corrected chi connectivity index (χ1v) is 5.00. The second-order valence-corrected chi connectivity index (χ2v) is 3.06. The van der Waals surface area contributed by atoms with Crippen LogP contribution in [-0.2, 0) is 11.2 Å². The minimum absolute atomic E-state index is 0.331. The summed E-state index contributed by atoms with van der Waals surface area (Å²) in [5.41, 5.74) is 4.58. The molecule has 1 aromatic rings. The van der Waals surface area contributed by atoms with Crippen LogP contribution in [0.1, 0.15) is 29.8 Å². The number of esters is 1. The predicted octanol–water partition coefficient (Wildman–Crippen LogP) is 1.71. The van der Waals surface area contributed by atoms with Gasteiger partial charge in [-0.05, 0) is 25.0 Å². The van der Waals surface area contributed by atoms with Crippen LogP contribution in [0.2, 0.25) is 0 Å². The van der Waals surface area contributed by atoms with Crippen LogP contribution in [0.4, 0.5) is 5.69 Å².